The number of hydrogen-bond acceptors (Lipinski definition) is 2. The number of aromatic nitrogens is 1. The van der Waals surface area contributed by atoms with Crippen molar-refractivity contribution in [1.82, 2.24) is 4.98 Å². The lowest BCUT2D eigenvalue weighted by molar-refractivity contribution is -0.118. The SMILES string of the molecule is CCCCCCCCCCCC(=O)Cc1ccncc1Cl. The van der Waals surface area contributed by atoms with Gasteiger partial charge in [-0.05, 0) is 18.1 Å². The molecule has 0 saturated heterocycles. The minimum Gasteiger partial charge on any atom is -0.299 e. The number of pyridine rings is 1. The normalized spacial score (nSPS) is 10.8. The molecular weight excluding hydrogens is 282 g/mol. The van der Waals surface area contributed by atoms with Crippen LogP contribution in [-0.4, -0.2) is 10.8 Å². The van der Waals surface area contributed by atoms with Gasteiger partial charge in [-0.3, -0.25) is 9.78 Å². The van der Waals surface area contributed by atoms with Crippen LogP contribution in [0.25, 0.3) is 0 Å². The molecule has 0 amide bonds. The summed E-state index contributed by atoms with van der Waals surface area (Å²) in [5.74, 6) is 0.283. The predicted molar refractivity (Wildman–Crippen MR) is 89.8 cm³/mol. The molecule has 0 aromatic carbocycles. The van der Waals surface area contributed by atoms with E-state index in [0.717, 1.165) is 12.0 Å². The molecule has 0 N–H and O–H groups in total. The first-order valence-corrected chi connectivity index (χ1v) is 8.72. The van der Waals surface area contributed by atoms with E-state index in [1.54, 1.807) is 12.4 Å². The topological polar surface area (TPSA) is 30.0 Å². The van der Waals surface area contributed by atoms with Crippen LogP contribution in [0.4, 0.5) is 0 Å². The summed E-state index contributed by atoms with van der Waals surface area (Å²) in [5.41, 5.74) is 0.896. The van der Waals surface area contributed by atoms with Crippen molar-refractivity contribution in [2.45, 2.75) is 77.6 Å². The van der Waals surface area contributed by atoms with Gasteiger partial charge in [0.1, 0.15) is 5.78 Å². The molecule has 21 heavy (non-hydrogen) atoms. The highest BCUT2D eigenvalue weighted by Crippen LogP contribution is 2.16. The number of carbonyl (C=O) groups excluding carboxylic acids is 1. The second-order valence-electron chi connectivity index (χ2n) is 5.76. The standard InChI is InChI=1S/C18H28ClNO/c1-2-3-4-5-6-7-8-9-10-11-17(21)14-16-12-13-20-15-18(16)19/h12-13,15H,2-11,14H2,1H3. The highest BCUT2D eigenvalue weighted by molar-refractivity contribution is 6.31. The van der Waals surface area contributed by atoms with Crippen molar-refractivity contribution in [3.63, 3.8) is 0 Å². The fraction of sp³-hybridized carbons (Fsp3) is 0.667. The van der Waals surface area contributed by atoms with E-state index < -0.39 is 0 Å². The summed E-state index contributed by atoms with van der Waals surface area (Å²) in [6.07, 6.45) is 15.9. The minimum atomic E-state index is 0.283. The Morgan fingerprint density at radius 3 is 2.29 bits per heavy atom. The lowest BCUT2D eigenvalue weighted by Gasteiger charge is -2.04. The fourth-order valence-corrected chi connectivity index (χ4v) is 2.67. The zero-order chi connectivity index (χ0) is 15.3. The molecule has 0 radical (unpaired) electrons. The molecule has 0 aliphatic rings. The molecular formula is C18H28ClNO. The van der Waals surface area contributed by atoms with Crippen LogP contribution in [0.1, 0.15) is 76.7 Å². The van der Waals surface area contributed by atoms with Gasteiger partial charge in [-0.25, -0.2) is 0 Å². The maximum absolute atomic E-state index is 11.9. The van der Waals surface area contributed by atoms with Gasteiger partial charge in [-0.1, -0.05) is 69.9 Å². The average Bonchev–Trinajstić information content (AvgIpc) is 2.48. The van der Waals surface area contributed by atoms with Gasteiger partial charge in [0.2, 0.25) is 0 Å². The maximum atomic E-state index is 11.9. The number of rotatable bonds is 12. The lowest BCUT2D eigenvalue weighted by atomic mass is 10.0. The van der Waals surface area contributed by atoms with E-state index >= 15 is 0 Å². The molecule has 3 heteroatoms. The van der Waals surface area contributed by atoms with Gasteiger partial charge in [0.25, 0.3) is 0 Å². The molecule has 0 saturated carbocycles. The Morgan fingerprint density at radius 1 is 1.05 bits per heavy atom. The molecule has 118 valence electrons. The third-order valence-corrected chi connectivity index (χ3v) is 4.14. The summed E-state index contributed by atoms with van der Waals surface area (Å²) in [4.78, 5) is 15.8. The van der Waals surface area contributed by atoms with Crippen molar-refractivity contribution >= 4 is 17.4 Å². The van der Waals surface area contributed by atoms with E-state index in [2.05, 4.69) is 11.9 Å². The van der Waals surface area contributed by atoms with Gasteiger partial charge in [-0.15, -0.1) is 0 Å². The molecule has 1 heterocycles. The van der Waals surface area contributed by atoms with Crippen LogP contribution in [0, 0.1) is 0 Å². The van der Waals surface area contributed by atoms with Gasteiger partial charge < -0.3 is 0 Å². The Bertz CT molecular complexity index is 406. The number of carbonyl (C=O) groups is 1. The summed E-state index contributed by atoms with van der Waals surface area (Å²) < 4.78 is 0. The largest absolute Gasteiger partial charge is 0.299 e. The number of hydrogen-bond donors (Lipinski definition) is 0. The van der Waals surface area contributed by atoms with E-state index in [1.165, 1.54) is 51.4 Å². The van der Waals surface area contributed by atoms with E-state index in [0.29, 0.717) is 17.9 Å². The van der Waals surface area contributed by atoms with Crippen molar-refractivity contribution in [2.75, 3.05) is 0 Å². The Hall–Kier alpha value is -0.890. The first-order chi connectivity index (χ1) is 10.2. The van der Waals surface area contributed by atoms with Crippen molar-refractivity contribution in [3.05, 3.63) is 29.0 Å². The first kappa shape index (κ1) is 18.2. The van der Waals surface area contributed by atoms with E-state index in [9.17, 15) is 4.79 Å². The molecule has 2 nitrogen and oxygen atoms in total. The lowest BCUT2D eigenvalue weighted by Crippen LogP contribution is -2.03. The van der Waals surface area contributed by atoms with E-state index in [1.807, 2.05) is 6.07 Å². The van der Waals surface area contributed by atoms with Crippen LogP contribution in [0.5, 0.6) is 0 Å². The Morgan fingerprint density at radius 2 is 1.67 bits per heavy atom. The van der Waals surface area contributed by atoms with Gasteiger partial charge in [-0.2, -0.15) is 0 Å². The molecule has 1 aromatic rings. The monoisotopic (exact) mass is 309 g/mol. The summed E-state index contributed by atoms with van der Waals surface area (Å²) in [7, 11) is 0. The molecule has 0 fully saturated rings. The molecule has 0 bridgehead atoms. The summed E-state index contributed by atoms with van der Waals surface area (Å²) in [6.45, 7) is 2.25. The van der Waals surface area contributed by atoms with Crippen molar-refractivity contribution in [2.24, 2.45) is 0 Å². The van der Waals surface area contributed by atoms with Crippen LogP contribution >= 0.6 is 11.6 Å². The third-order valence-electron chi connectivity index (χ3n) is 3.80. The Balaban J connectivity index is 2.00. The molecule has 0 atom stereocenters. The minimum absolute atomic E-state index is 0.283. The number of nitrogens with zero attached hydrogens (tertiary/aromatic N) is 1. The zero-order valence-corrected chi connectivity index (χ0v) is 14.0. The highest BCUT2D eigenvalue weighted by atomic mass is 35.5. The van der Waals surface area contributed by atoms with Crippen LogP contribution in [0.2, 0.25) is 5.02 Å². The molecule has 0 unspecified atom stereocenters. The second kappa shape index (κ2) is 11.7. The second-order valence-corrected chi connectivity index (χ2v) is 6.17. The predicted octanol–water partition coefficient (Wildman–Crippen LogP) is 5.77. The van der Waals surface area contributed by atoms with E-state index in [4.69, 9.17) is 11.6 Å². The molecule has 0 spiro atoms. The summed E-state index contributed by atoms with van der Waals surface area (Å²) in [5, 5.41) is 0.595. The quantitative estimate of drug-likeness (QED) is 0.459. The molecule has 1 aromatic heterocycles. The molecule has 1 rings (SSSR count). The highest BCUT2D eigenvalue weighted by Gasteiger charge is 2.06. The van der Waals surface area contributed by atoms with Gasteiger partial charge in [0.15, 0.2) is 0 Å². The van der Waals surface area contributed by atoms with Crippen molar-refractivity contribution in [3.8, 4) is 0 Å². The third kappa shape index (κ3) is 8.87. The van der Waals surface area contributed by atoms with Gasteiger partial charge in [0.05, 0.1) is 5.02 Å². The Kier molecular flexibility index (Phi) is 10.1. The fourth-order valence-electron chi connectivity index (χ4n) is 2.48. The number of halogens is 1. The smallest absolute Gasteiger partial charge is 0.137 e. The van der Waals surface area contributed by atoms with Crippen LogP contribution < -0.4 is 0 Å². The zero-order valence-electron chi connectivity index (χ0n) is 13.2. The number of ketones is 1. The van der Waals surface area contributed by atoms with Crippen LogP contribution in [0.15, 0.2) is 18.5 Å². The summed E-state index contributed by atoms with van der Waals surface area (Å²) >= 11 is 6.01. The van der Waals surface area contributed by atoms with Crippen molar-refractivity contribution in [1.29, 1.82) is 0 Å². The molecule has 0 aliphatic carbocycles. The summed E-state index contributed by atoms with van der Waals surface area (Å²) in [6, 6.07) is 1.83. The van der Waals surface area contributed by atoms with E-state index in [-0.39, 0.29) is 5.78 Å². The van der Waals surface area contributed by atoms with Gasteiger partial charge in [0, 0.05) is 25.2 Å². The molecule has 0 aliphatic heterocycles. The number of Topliss-reactive ketones (excluding diaryl/α,β-unsaturated/α-hetero) is 1. The van der Waals surface area contributed by atoms with Crippen LogP contribution in [-0.2, 0) is 11.2 Å². The van der Waals surface area contributed by atoms with Crippen LogP contribution in [0.3, 0.4) is 0 Å². The Labute approximate surface area is 134 Å². The first-order valence-electron chi connectivity index (χ1n) is 8.34. The average molecular weight is 310 g/mol. The van der Waals surface area contributed by atoms with Crippen molar-refractivity contribution < 1.29 is 4.79 Å². The maximum Gasteiger partial charge on any atom is 0.137 e. The number of unbranched alkanes of at least 4 members (excludes halogenated alkanes) is 8. The van der Waals surface area contributed by atoms with Gasteiger partial charge >= 0.3 is 0 Å².